The Balaban J connectivity index is 0.000000238. The van der Waals surface area contributed by atoms with E-state index in [9.17, 15) is 26.4 Å². The Hall–Kier alpha value is -4.19. The molecule has 2 amide bonds. The van der Waals surface area contributed by atoms with Gasteiger partial charge >= 0.3 is 6.03 Å². The molecule has 0 bridgehead atoms. The van der Waals surface area contributed by atoms with Gasteiger partial charge in [-0.3, -0.25) is 0 Å². The molecule has 0 unspecified atom stereocenters. The van der Waals surface area contributed by atoms with E-state index < -0.39 is 24.1 Å². The molecule has 4 rings (SSSR count). The zero-order valence-corrected chi connectivity index (χ0v) is 23.6. The number of hydrogen-bond donors (Lipinski definition) is 3. The maximum atomic E-state index is 11.7. The molecule has 4 aromatic carbocycles. The van der Waals surface area contributed by atoms with Gasteiger partial charge in [0.15, 0.2) is 0 Å². The number of isocyanates is 1. The van der Waals surface area contributed by atoms with E-state index in [2.05, 4.69) is 15.6 Å². The molecule has 40 heavy (non-hydrogen) atoms. The first kappa shape index (κ1) is 32.0. The molecule has 0 fully saturated rings. The van der Waals surface area contributed by atoms with Crippen molar-refractivity contribution in [3.05, 3.63) is 109 Å². The van der Waals surface area contributed by atoms with Crippen LogP contribution in [-0.2, 0) is 22.9 Å². The molecule has 0 aliphatic heterocycles. The van der Waals surface area contributed by atoms with Gasteiger partial charge in [-0.1, -0.05) is 36.4 Å². The van der Waals surface area contributed by atoms with E-state index in [1.165, 1.54) is 54.6 Å². The van der Waals surface area contributed by atoms with E-state index in [0.717, 1.165) is 5.69 Å². The van der Waals surface area contributed by atoms with Gasteiger partial charge < -0.3 is 16.4 Å². The van der Waals surface area contributed by atoms with Crippen LogP contribution in [0, 0.1) is 0 Å². The van der Waals surface area contributed by atoms with Crippen molar-refractivity contribution in [1.29, 1.82) is 0 Å². The lowest BCUT2D eigenvalue weighted by Gasteiger charge is -2.07. The summed E-state index contributed by atoms with van der Waals surface area (Å²) in [6.07, 6.45) is 1.33. The van der Waals surface area contributed by atoms with Gasteiger partial charge in [-0.25, -0.2) is 26.4 Å². The summed E-state index contributed by atoms with van der Waals surface area (Å²) in [6.45, 7) is 0. The van der Waals surface area contributed by atoms with Crippen molar-refractivity contribution in [2.24, 2.45) is 4.99 Å². The number of nitrogens with zero attached hydrogens (tertiary/aromatic N) is 1. The molecule has 0 aromatic heterocycles. The molecule has 0 heterocycles. The summed E-state index contributed by atoms with van der Waals surface area (Å²) >= 11 is 0. The Bertz CT molecular complexity index is 1650. The van der Waals surface area contributed by atoms with Crippen molar-refractivity contribution in [3.63, 3.8) is 0 Å². The Morgan fingerprint density at radius 1 is 0.650 bits per heavy atom. The summed E-state index contributed by atoms with van der Waals surface area (Å²) in [5, 5.41) is 5.22. The number of aliphatic imine (C=N–C) groups is 1. The molecule has 0 aliphatic carbocycles. The minimum atomic E-state index is -3.75. The number of amides is 2. The fraction of sp³-hybridized carbons (Fsp3) is 0. The summed E-state index contributed by atoms with van der Waals surface area (Å²) in [5.74, 6) is 0. The lowest BCUT2D eigenvalue weighted by molar-refractivity contribution is 0.262. The van der Waals surface area contributed by atoms with Gasteiger partial charge in [0.25, 0.3) is 18.1 Å². The van der Waals surface area contributed by atoms with Gasteiger partial charge in [0, 0.05) is 38.4 Å². The number of nitrogens with two attached hydrogens (primary N) is 1. The lowest BCUT2D eigenvalue weighted by atomic mass is 10.3. The van der Waals surface area contributed by atoms with Crippen LogP contribution in [0.5, 0.6) is 0 Å². The second kappa shape index (κ2) is 15.4. The van der Waals surface area contributed by atoms with Crippen LogP contribution in [-0.4, -0.2) is 28.9 Å². The number of nitrogens with one attached hydrogen (secondary N) is 2. The first-order valence-corrected chi connectivity index (χ1v) is 15.6. The number of para-hydroxylation sites is 2. The fourth-order valence-electron chi connectivity index (χ4n) is 2.70. The van der Waals surface area contributed by atoms with E-state index >= 15 is 0 Å². The molecule has 4 N–H and O–H groups in total. The van der Waals surface area contributed by atoms with Gasteiger partial charge in [-0.05, 0) is 72.8 Å². The van der Waals surface area contributed by atoms with E-state index in [1.54, 1.807) is 24.3 Å². The molecule has 0 atom stereocenters. The molecular formula is C26H22Cl2N4O6S2. The second-order valence-electron chi connectivity index (χ2n) is 7.45. The smallest absolute Gasteiger partial charge is 0.323 e. The third-order valence-electron chi connectivity index (χ3n) is 4.52. The molecule has 0 saturated carbocycles. The van der Waals surface area contributed by atoms with Gasteiger partial charge in [0.1, 0.15) is 0 Å². The number of halogens is 2. The minimum Gasteiger partial charge on any atom is -0.399 e. The van der Waals surface area contributed by atoms with Crippen LogP contribution in [0.3, 0.4) is 0 Å². The van der Waals surface area contributed by atoms with Gasteiger partial charge in [-0.15, -0.1) is 0 Å². The van der Waals surface area contributed by atoms with Crippen LogP contribution < -0.4 is 16.4 Å². The number of carbonyl (C=O) groups excluding carboxylic acids is 2. The fourth-order valence-corrected chi connectivity index (χ4v) is 4.24. The number of carbonyl (C=O) groups is 1. The first-order chi connectivity index (χ1) is 18.9. The zero-order valence-electron chi connectivity index (χ0n) is 20.4. The summed E-state index contributed by atoms with van der Waals surface area (Å²) < 4.78 is 43.7. The standard InChI is InChI=1S/C13H11ClN2O3S.C7H4ClNO3S.C6H7N/c14-20(18,19)12-8-6-11(7-9-12)16-13(17)15-10-4-2-1-3-5-10;8-13(11,12)7-3-1-6(2-4-7)9-5-10;7-6-4-2-1-3-5-6/h1-9H,(H2,15,16,17);1-4H;1-5H,7H2. The van der Waals surface area contributed by atoms with E-state index in [-0.39, 0.29) is 9.79 Å². The molecule has 0 saturated heterocycles. The first-order valence-electron chi connectivity index (χ1n) is 11.0. The Morgan fingerprint density at radius 3 is 1.43 bits per heavy atom. The number of benzene rings is 4. The monoisotopic (exact) mass is 620 g/mol. The topological polar surface area (TPSA) is 165 Å². The zero-order chi connectivity index (χ0) is 29.6. The average molecular weight is 622 g/mol. The highest BCUT2D eigenvalue weighted by Crippen LogP contribution is 2.19. The van der Waals surface area contributed by atoms with E-state index in [1.807, 2.05) is 36.4 Å². The SMILES string of the molecule is Nc1ccccc1.O=C(Nc1ccccc1)Nc1ccc(S(=O)(=O)Cl)cc1.O=C=Nc1ccc(S(=O)(=O)Cl)cc1. The summed E-state index contributed by atoms with van der Waals surface area (Å²) in [7, 11) is 2.79. The van der Waals surface area contributed by atoms with Crippen molar-refractivity contribution in [2.45, 2.75) is 9.79 Å². The summed E-state index contributed by atoms with van der Waals surface area (Å²) in [6, 6.07) is 28.8. The normalized spacial score (nSPS) is 10.3. The van der Waals surface area contributed by atoms with Crippen LogP contribution in [0.15, 0.2) is 124 Å². The highest BCUT2D eigenvalue weighted by atomic mass is 35.7. The number of nitrogen functional groups attached to an aromatic ring is 1. The summed E-state index contributed by atoms with van der Waals surface area (Å²) in [4.78, 5) is 24.8. The number of urea groups is 1. The molecule has 208 valence electrons. The number of rotatable bonds is 5. The highest BCUT2D eigenvalue weighted by molar-refractivity contribution is 8.14. The lowest BCUT2D eigenvalue weighted by Crippen LogP contribution is -2.19. The van der Waals surface area contributed by atoms with Crippen molar-refractivity contribution >= 4 is 74.3 Å². The van der Waals surface area contributed by atoms with Crippen LogP contribution in [0.25, 0.3) is 0 Å². The van der Waals surface area contributed by atoms with Crippen molar-refractivity contribution in [1.82, 2.24) is 0 Å². The van der Waals surface area contributed by atoms with Crippen LogP contribution >= 0.6 is 21.4 Å². The maximum absolute atomic E-state index is 11.7. The quantitative estimate of drug-likeness (QED) is 0.105. The average Bonchev–Trinajstić information content (AvgIpc) is 2.90. The molecule has 10 nitrogen and oxygen atoms in total. The molecule has 0 radical (unpaired) electrons. The van der Waals surface area contributed by atoms with Crippen LogP contribution in [0.1, 0.15) is 0 Å². The molecule has 0 aliphatic rings. The van der Waals surface area contributed by atoms with Gasteiger partial charge in [-0.2, -0.15) is 4.99 Å². The van der Waals surface area contributed by atoms with Crippen molar-refractivity contribution in [2.75, 3.05) is 16.4 Å². The third kappa shape index (κ3) is 12.1. The molecule has 4 aromatic rings. The summed E-state index contributed by atoms with van der Waals surface area (Å²) in [5.41, 5.74) is 7.63. The minimum absolute atomic E-state index is 0.0202. The van der Waals surface area contributed by atoms with Crippen LogP contribution in [0.2, 0.25) is 0 Å². The third-order valence-corrected chi connectivity index (χ3v) is 7.26. The molecule has 0 spiro atoms. The van der Waals surface area contributed by atoms with Crippen molar-refractivity contribution < 1.29 is 26.4 Å². The Morgan fingerprint density at radius 2 is 1.05 bits per heavy atom. The van der Waals surface area contributed by atoms with Gasteiger partial charge in [0.2, 0.25) is 6.08 Å². The number of hydrogen-bond acceptors (Lipinski definition) is 8. The van der Waals surface area contributed by atoms with E-state index in [4.69, 9.17) is 27.1 Å². The van der Waals surface area contributed by atoms with Crippen molar-refractivity contribution in [3.8, 4) is 0 Å². The Labute approximate surface area is 240 Å². The van der Waals surface area contributed by atoms with Crippen LogP contribution in [0.4, 0.5) is 27.5 Å². The van der Waals surface area contributed by atoms with Gasteiger partial charge in [0.05, 0.1) is 15.5 Å². The maximum Gasteiger partial charge on any atom is 0.323 e. The predicted molar refractivity (Wildman–Crippen MR) is 157 cm³/mol. The second-order valence-corrected chi connectivity index (χ2v) is 12.6. The molecule has 14 heteroatoms. The van der Waals surface area contributed by atoms with E-state index in [0.29, 0.717) is 17.1 Å². The largest absolute Gasteiger partial charge is 0.399 e. The number of anilines is 3. The molecular weight excluding hydrogens is 599 g/mol. The predicted octanol–water partition coefficient (Wildman–Crippen LogP) is 6.11. The highest BCUT2D eigenvalue weighted by Gasteiger charge is 2.10. The Kier molecular flexibility index (Phi) is 12.3.